The van der Waals surface area contributed by atoms with E-state index in [1.165, 1.54) is 0 Å². The quantitative estimate of drug-likeness (QED) is 0.862. The summed E-state index contributed by atoms with van der Waals surface area (Å²) in [6.07, 6.45) is 0. The van der Waals surface area contributed by atoms with Crippen LogP contribution in [0.5, 0.6) is 5.75 Å². The lowest BCUT2D eigenvalue weighted by Crippen LogP contribution is -2.33. The van der Waals surface area contributed by atoms with E-state index in [1.807, 2.05) is 32.0 Å². The summed E-state index contributed by atoms with van der Waals surface area (Å²) in [5.74, 6) is -0.113. The second-order valence-electron chi connectivity index (χ2n) is 5.03. The van der Waals surface area contributed by atoms with Gasteiger partial charge in [-0.3, -0.25) is 9.59 Å². The van der Waals surface area contributed by atoms with Crippen LogP contribution in [-0.2, 0) is 4.79 Å². The van der Waals surface area contributed by atoms with Crippen molar-refractivity contribution in [1.82, 2.24) is 5.32 Å². The van der Waals surface area contributed by atoms with Crippen molar-refractivity contribution in [1.29, 1.82) is 0 Å². The van der Waals surface area contributed by atoms with E-state index < -0.39 is 0 Å². The van der Waals surface area contributed by atoms with Gasteiger partial charge in [0.1, 0.15) is 5.75 Å². The van der Waals surface area contributed by atoms with Gasteiger partial charge in [0.2, 0.25) is 5.91 Å². The summed E-state index contributed by atoms with van der Waals surface area (Å²) in [5, 5.41) is 5.35. The number of para-hydroxylation sites is 1. The van der Waals surface area contributed by atoms with E-state index in [9.17, 15) is 9.59 Å². The molecule has 0 atom stereocenters. The predicted molar refractivity (Wildman–Crippen MR) is 89.8 cm³/mol. The van der Waals surface area contributed by atoms with Gasteiger partial charge in [0.05, 0.1) is 18.7 Å². The Morgan fingerprint density at radius 1 is 1.09 bits per heavy atom. The Balaban J connectivity index is 1.92. The number of carbonyl (C=O) groups excluding carboxylic acids is 2. The number of carbonyl (C=O) groups is 2. The SMILES string of the molecule is CCOc1ccccc1C(=O)NCC(=O)Nc1cccc(C)c1. The summed E-state index contributed by atoms with van der Waals surface area (Å²) in [6, 6.07) is 14.4. The van der Waals surface area contributed by atoms with Crippen molar-refractivity contribution >= 4 is 17.5 Å². The maximum atomic E-state index is 12.2. The van der Waals surface area contributed by atoms with E-state index in [4.69, 9.17) is 4.74 Å². The summed E-state index contributed by atoms with van der Waals surface area (Å²) in [5.41, 5.74) is 2.18. The van der Waals surface area contributed by atoms with Crippen molar-refractivity contribution in [2.75, 3.05) is 18.5 Å². The maximum Gasteiger partial charge on any atom is 0.255 e. The fourth-order valence-electron chi connectivity index (χ4n) is 2.12. The predicted octanol–water partition coefficient (Wildman–Crippen LogP) is 2.76. The minimum absolute atomic E-state index is 0.104. The van der Waals surface area contributed by atoms with Gasteiger partial charge in [-0.2, -0.15) is 0 Å². The monoisotopic (exact) mass is 312 g/mol. The summed E-state index contributed by atoms with van der Waals surface area (Å²) >= 11 is 0. The molecule has 0 saturated carbocycles. The molecule has 2 aromatic carbocycles. The smallest absolute Gasteiger partial charge is 0.255 e. The van der Waals surface area contributed by atoms with Crippen LogP contribution in [-0.4, -0.2) is 25.0 Å². The van der Waals surface area contributed by atoms with E-state index in [0.717, 1.165) is 5.56 Å². The molecule has 0 unspecified atom stereocenters. The van der Waals surface area contributed by atoms with Crippen LogP contribution < -0.4 is 15.4 Å². The van der Waals surface area contributed by atoms with Crippen molar-refractivity contribution in [3.8, 4) is 5.75 Å². The Kier molecular flexibility index (Phi) is 5.74. The molecule has 0 saturated heterocycles. The van der Waals surface area contributed by atoms with Crippen LogP contribution in [0.3, 0.4) is 0 Å². The topological polar surface area (TPSA) is 67.4 Å². The zero-order chi connectivity index (χ0) is 16.7. The van der Waals surface area contributed by atoms with Crippen molar-refractivity contribution < 1.29 is 14.3 Å². The van der Waals surface area contributed by atoms with Crippen LogP contribution in [0, 0.1) is 6.92 Å². The molecule has 5 nitrogen and oxygen atoms in total. The van der Waals surface area contributed by atoms with E-state index in [1.54, 1.807) is 30.3 Å². The molecule has 2 rings (SSSR count). The van der Waals surface area contributed by atoms with E-state index in [2.05, 4.69) is 10.6 Å². The highest BCUT2D eigenvalue weighted by Crippen LogP contribution is 2.17. The average Bonchev–Trinajstić information content (AvgIpc) is 2.53. The first-order chi connectivity index (χ1) is 11.1. The molecule has 23 heavy (non-hydrogen) atoms. The third-order valence-electron chi connectivity index (χ3n) is 3.14. The molecule has 0 bridgehead atoms. The van der Waals surface area contributed by atoms with E-state index in [-0.39, 0.29) is 18.4 Å². The first-order valence-electron chi connectivity index (χ1n) is 7.46. The van der Waals surface area contributed by atoms with Gasteiger partial charge >= 0.3 is 0 Å². The summed E-state index contributed by atoms with van der Waals surface area (Å²) < 4.78 is 5.41. The number of anilines is 1. The first kappa shape index (κ1) is 16.5. The van der Waals surface area contributed by atoms with Crippen LogP contribution in [0.15, 0.2) is 48.5 Å². The van der Waals surface area contributed by atoms with Crippen molar-refractivity contribution in [3.63, 3.8) is 0 Å². The highest BCUT2D eigenvalue weighted by atomic mass is 16.5. The van der Waals surface area contributed by atoms with Gasteiger partial charge in [0, 0.05) is 5.69 Å². The lowest BCUT2D eigenvalue weighted by atomic mass is 10.2. The molecule has 2 amide bonds. The van der Waals surface area contributed by atoms with Gasteiger partial charge in [-0.1, -0.05) is 24.3 Å². The third kappa shape index (κ3) is 4.85. The molecule has 0 fully saturated rings. The van der Waals surface area contributed by atoms with Gasteiger partial charge in [-0.05, 0) is 43.7 Å². The van der Waals surface area contributed by atoms with Crippen LogP contribution in [0.4, 0.5) is 5.69 Å². The zero-order valence-electron chi connectivity index (χ0n) is 13.3. The van der Waals surface area contributed by atoms with Crippen molar-refractivity contribution in [3.05, 3.63) is 59.7 Å². The molecule has 2 aromatic rings. The van der Waals surface area contributed by atoms with Gasteiger partial charge in [-0.25, -0.2) is 0 Å². The molecule has 5 heteroatoms. The highest BCUT2D eigenvalue weighted by molar-refractivity contribution is 6.00. The Bertz CT molecular complexity index is 698. The van der Waals surface area contributed by atoms with Crippen LogP contribution >= 0.6 is 0 Å². The minimum atomic E-state index is -0.339. The second-order valence-corrected chi connectivity index (χ2v) is 5.03. The molecule has 0 spiro atoms. The highest BCUT2D eigenvalue weighted by Gasteiger charge is 2.13. The second kappa shape index (κ2) is 7.98. The number of rotatable bonds is 6. The molecule has 0 aliphatic rings. The van der Waals surface area contributed by atoms with Crippen LogP contribution in [0.2, 0.25) is 0 Å². The van der Waals surface area contributed by atoms with Gasteiger partial charge in [-0.15, -0.1) is 0 Å². The number of hydrogen-bond donors (Lipinski definition) is 2. The lowest BCUT2D eigenvalue weighted by Gasteiger charge is -2.10. The zero-order valence-corrected chi connectivity index (χ0v) is 13.3. The van der Waals surface area contributed by atoms with Crippen LogP contribution in [0.1, 0.15) is 22.8 Å². The Morgan fingerprint density at radius 2 is 1.87 bits per heavy atom. The van der Waals surface area contributed by atoms with Gasteiger partial charge < -0.3 is 15.4 Å². The lowest BCUT2D eigenvalue weighted by molar-refractivity contribution is -0.115. The molecular formula is C18H20N2O3. The summed E-state index contributed by atoms with van der Waals surface area (Å²) in [7, 11) is 0. The Morgan fingerprint density at radius 3 is 2.61 bits per heavy atom. The van der Waals surface area contributed by atoms with Crippen LogP contribution in [0.25, 0.3) is 0 Å². The average molecular weight is 312 g/mol. The summed E-state index contributed by atoms with van der Waals surface area (Å²) in [6.45, 7) is 4.16. The number of amides is 2. The number of aryl methyl sites for hydroxylation is 1. The molecule has 0 heterocycles. The Labute approximate surface area is 135 Å². The number of nitrogens with one attached hydrogen (secondary N) is 2. The molecule has 0 aromatic heterocycles. The molecule has 120 valence electrons. The number of benzene rings is 2. The third-order valence-corrected chi connectivity index (χ3v) is 3.14. The van der Waals surface area contributed by atoms with Crippen molar-refractivity contribution in [2.24, 2.45) is 0 Å². The standard InChI is InChI=1S/C18H20N2O3/c1-3-23-16-10-5-4-9-15(16)18(22)19-12-17(21)20-14-8-6-7-13(2)11-14/h4-11H,3,12H2,1-2H3,(H,19,22)(H,20,21). The molecular weight excluding hydrogens is 292 g/mol. The number of hydrogen-bond acceptors (Lipinski definition) is 3. The largest absolute Gasteiger partial charge is 0.493 e. The Hall–Kier alpha value is -2.82. The maximum absolute atomic E-state index is 12.2. The van der Waals surface area contributed by atoms with Gasteiger partial charge in [0.25, 0.3) is 5.91 Å². The minimum Gasteiger partial charge on any atom is -0.493 e. The fraction of sp³-hybridized carbons (Fsp3) is 0.222. The normalized spacial score (nSPS) is 10.0. The van der Waals surface area contributed by atoms with Crippen molar-refractivity contribution in [2.45, 2.75) is 13.8 Å². The molecule has 0 aliphatic carbocycles. The molecule has 2 N–H and O–H groups in total. The van der Waals surface area contributed by atoms with Gasteiger partial charge in [0.15, 0.2) is 0 Å². The summed E-state index contributed by atoms with van der Waals surface area (Å²) in [4.78, 5) is 24.1. The molecule has 0 aliphatic heterocycles. The van der Waals surface area contributed by atoms with E-state index in [0.29, 0.717) is 23.6 Å². The number of ether oxygens (including phenoxy) is 1. The first-order valence-corrected chi connectivity index (χ1v) is 7.46. The fourth-order valence-corrected chi connectivity index (χ4v) is 2.12. The molecule has 0 radical (unpaired) electrons. The van der Waals surface area contributed by atoms with E-state index >= 15 is 0 Å².